The summed E-state index contributed by atoms with van der Waals surface area (Å²) in [7, 11) is -4.83. The van der Waals surface area contributed by atoms with Crippen LogP contribution in [0.4, 0.5) is 0 Å². The van der Waals surface area contributed by atoms with E-state index in [-0.39, 0.29) is 32.1 Å². The molecule has 3 atom stereocenters. The first kappa shape index (κ1) is 53.9. The number of unbranched alkanes of at least 4 members (excludes halogenated alkanes) is 15. The summed E-state index contributed by atoms with van der Waals surface area (Å²) in [6.07, 6.45) is 38.7. The second-order valence-corrected chi connectivity index (χ2v) is 16.7. The Hall–Kier alpha value is -2.07. The monoisotopic (exact) mass is 813 g/mol. The first-order valence-corrected chi connectivity index (χ1v) is 23.5. The number of allylic oxidation sites excluding steroid dienone is 7. The number of aliphatic hydroxyl groups excluding tert-OH is 2. The van der Waals surface area contributed by atoms with E-state index in [1.165, 1.54) is 83.5 Å². The minimum Gasteiger partial charge on any atom is -0.462 e. The van der Waals surface area contributed by atoms with Gasteiger partial charge in [-0.2, -0.15) is 0 Å². The molecule has 0 radical (unpaired) electrons. The fourth-order valence-electron chi connectivity index (χ4n) is 6.12. The molecule has 0 bridgehead atoms. The van der Waals surface area contributed by atoms with Crippen LogP contribution in [0.15, 0.2) is 48.6 Å². The van der Waals surface area contributed by atoms with E-state index in [1.54, 1.807) is 0 Å². The average Bonchev–Trinajstić information content (AvgIpc) is 3.15. The quantitative estimate of drug-likeness (QED) is 0.0204. The van der Waals surface area contributed by atoms with Gasteiger partial charge in [-0.05, 0) is 57.3 Å². The summed E-state index contributed by atoms with van der Waals surface area (Å²) in [6, 6.07) is 0. The molecule has 4 N–H and O–H groups in total. The average molecular weight is 813 g/mol. The van der Waals surface area contributed by atoms with E-state index in [9.17, 15) is 24.4 Å². The number of rotatable bonds is 39. The lowest BCUT2D eigenvalue weighted by Crippen LogP contribution is -2.29. The predicted molar refractivity (Wildman–Crippen MR) is 228 cm³/mol. The minimum absolute atomic E-state index is 0.0490. The Kier molecular flexibility index (Phi) is 37.0. The number of phosphoric acid groups is 1. The van der Waals surface area contributed by atoms with Crippen molar-refractivity contribution in [1.29, 1.82) is 0 Å². The van der Waals surface area contributed by atoms with E-state index >= 15 is 0 Å². The van der Waals surface area contributed by atoms with Crippen LogP contribution in [0, 0.1) is 5.92 Å². The van der Waals surface area contributed by atoms with E-state index in [4.69, 9.17) is 19.3 Å². The number of phosphoric ester groups is 1. The number of hydrogen-bond acceptors (Lipinski definition) is 8. The van der Waals surface area contributed by atoms with Crippen LogP contribution in [-0.2, 0) is 28.2 Å². The Morgan fingerprint density at radius 1 is 0.554 bits per heavy atom. The van der Waals surface area contributed by atoms with E-state index < -0.39 is 51.3 Å². The van der Waals surface area contributed by atoms with E-state index in [0.29, 0.717) is 6.42 Å². The van der Waals surface area contributed by atoms with Crippen LogP contribution in [0.1, 0.15) is 188 Å². The van der Waals surface area contributed by atoms with Gasteiger partial charge in [-0.25, -0.2) is 4.57 Å². The number of aliphatic hydroxyl groups is 2. The van der Waals surface area contributed by atoms with Gasteiger partial charge in [-0.15, -0.1) is 0 Å². The molecular weight excluding hydrogens is 731 g/mol. The van der Waals surface area contributed by atoms with Gasteiger partial charge in [0.25, 0.3) is 0 Å². The summed E-state index contributed by atoms with van der Waals surface area (Å²) < 4.78 is 26.3. The number of ether oxygens (including phenoxy) is 2. The van der Waals surface area contributed by atoms with Crippen molar-refractivity contribution in [2.45, 2.75) is 206 Å². The molecule has 0 amide bonds. The van der Waals surface area contributed by atoms with Gasteiger partial charge in [0.2, 0.25) is 0 Å². The molecule has 0 saturated heterocycles. The van der Waals surface area contributed by atoms with Crippen molar-refractivity contribution in [3.63, 3.8) is 0 Å². The van der Waals surface area contributed by atoms with Gasteiger partial charge in [0.15, 0.2) is 6.10 Å². The maximum atomic E-state index is 12.4. The van der Waals surface area contributed by atoms with Gasteiger partial charge < -0.3 is 29.5 Å². The molecule has 0 aromatic heterocycles. The van der Waals surface area contributed by atoms with Crippen molar-refractivity contribution in [3.8, 4) is 0 Å². The first-order valence-electron chi connectivity index (χ1n) is 22.0. The molecule has 0 aliphatic carbocycles. The van der Waals surface area contributed by atoms with Gasteiger partial charge in [0, 0.05) is 12.8 Å². The third-order valence-corrected chi connectivity index (χ3v) is 9.98. The molecule has 0 aromatic rings. The Morgan fingerprint density at radius 2 is 1.00 bits per heavy atom. The van der Waals surface area contributed by atoms with Gasteiger partial charge in [0.1, 0.15) is 6.61 Å². The van der Waals surface area contributed by atoms with Gasteiger partial charge >= 0.3 is 19.8 Å². The van der Waals surface area contributed by atoms with Crippen LogP contribution in [0.25, 0.3) is 0 Å². The van der Waals surface area contributed by atoms with E-state index in [2.05, 4.69) is 55.7 Å². The Bertz CT molecular complexity index is 1100. The molecule has 0 unspecified atom stereocenters. The Morgan fingerprint density at radius 3 is 1.48 bits per heavy atom. The van der Waals surface area contributed by atoms with Crippen molar-refractivity contribution in [2.75, 3.05) is 13.2 Å². The molecule has 0 fully saturated rings. The highest BCUT2D eigenvalue weighted by Crippen LogP contribution is 2.36. The predicted octanol–water partition coefficient (Wildman–Crippen LogP) is 11.3. The topological polar surface area (TPSA) is 160 Å². The lowest BCUT2D eigenvalue weighted by atomic mass is 10.0. The molecule has 10 nitrogen and oxygen atoms in total. The second kappa shape index (κ2) is 38.4. The Labute approximate surface area is 340 Å². The zero-order valence-corrected chi connectivity index (χ0v) is 36.3. The SMILES string of the molecule is CC/C=C\C/C=C\C/C=C\C/C=C\C[C@H](O)[C@@H](O)CCCC(=O)OC[C@H](COP(=O)(O)O)OC(=O)CCCCCCCCCCCCCCCCCCC(C)C. The Balaban J connectivity index is 4.10. The molecule has 0 aliphatic heterocycles. The molecule has 0 rings (SSSR count). The molecule has 56 heavy (non-hydrogen) atoms. The molecule has 0 saturated carbocycles. The van der Waals surface area contributed by atoms with Crippen LogP contribution in [0.5, 0.6) is 0 Å². The van der Waals surface area contributed by atoms with Crippen molar-refractivity contribution in [1.82, 2.24) is 0 Å². The smallest absolute Gasteiger partial charge is 0.462 e. The highest BCUT2D eigenvalue weighted by Gasteiger charge is 2.23. The van der Waals surface area contributed by atoms with Crippen LogP contribution in [-0.4, -0.2) is 63.5 Å². The third kappa shape index (κ3) is 40.1. The van der Waals surface area contributed by atoms with Crippen molar-refractivity contribution < 1.29 is 48.2 Å². The summed E-state index contributed by atoms with van der Waals surface area (Å²) in [5.41, 5.74) is 0. The zero-order chi connectivity index (χ0) is 41.5. The van der Waals surface area contributed by atoms with Gasteiger partial charge in [0.05, 0.1) is 18.8 Å². The van der Waals surface area contributed by atoms with Crippen molar-refractivity contribution in [2.24, 2.45) is 5.92 Å². The lowest BCUT2D eigenvalue weighted by molar-refractivity contribution is -0.161. The van der Waals surface area contributed by atoms with Gasteiger partial charge in [-0.1, -0.05) is 172 Å². The highest BCUT2D eigenvalue weighted by molar-refractivity contribution is 7.46. The maximum Gasteiger partial charge on any atom is 0.469 e. The highest BCUT2D eigenvalue weighted by atomic mass is 31.2. The fraction of sp³-hybridized carbons (Fsp3) is 0.778. The number of hydrogen-bond donors (Lipinski definition) is 4. The molecule has 0 heterocycles. The summed E-state index contributed by atoms with van der Waals surface area (Å²) in [5.74, 6) is -0.340. The summed E-state index contributed by atoms with van der Waals surface area (Å²) in [5, 5.41) is 20.5. The maximum absolute atomic E-state index is 12.4. The number of carbonyl (C=O) groups is 2. The van der Waals surface area contributed by atoms with Crippen LogP contribution in [0.2, 0.25) is 0 Å². The van der Waals surface area contributed by atoms with E-state index in [0.717, 1.165) is 50.9 Å². The second-order valence-electron chi connectivity index (χ2n) is 15.4. The first-order chi connectivity index (χ1) is 26.9. The van der Waals surface area contributed by atoms with Crippen molar-refractivity contribution in [3.05, 3.63) is 48.6 Å². The minimum atomic E-state index is -4.83. The zero-order valence-electron chi connectivity index (χ0n) is 35.4. The largest absolute Gasteiger partial charge is 0.469 e. The third-order valence-electron chi connectivity index (χ3n) is 9.49. The summed E-state index contributed by atoms with van der Waals surface area (Å²) >= 11 is 0. The van der Waals surface area contributed by atoms with E-state index in [1.807, 2.05) is 18.2 Å². The molecule has 326 valence electrons. The number of carbonyl (C=O) groups excluding carboxylic acids is 2. The van der Waals surface area contributed by atoms with Gasteiger partial charge in [-0.3, -0.25) is 14.1 Å². The van der Waals surface area contributed by atoms with Crippen LogP contribution in [0.3, 0.4) is 0 Å². The molecular formula is C45H81O10P. The van der Waals surface area contributed by atoms with Crippen molar-refractivity contribution >= 4 is 19.8 Å². The summed E-state index contributed by atoms with van der Waals surface area (Å²) in [4.78, 5) is 43.0. The van der Waals surface area contributed by atoms with Crippen LogP contribution < -0.4 is 0 Å². The molecule has 0 aliphatic rings. The molecule has 11 heteroatoms. The normalized spacial score (nSPS) is 14.1. The molecule has 0 spiro atoms. The lowest BCUT2D eigenvalue weighted by Gasteiger charge is -2.19. The summed E-state index contributed by atoms with van der Waals surface area (Å²) in [6.45, 7) is 5.67. The standard InChI is InChI=1S/C45H81O10P/c1-4-5-6-7-8-9-10-18-21-24-27-30-34-42(46)43(47)35-32-37-44(48)53-38-41(39-54-56(50,51)52)55-45(49)36-31-28-25-22-19-16-14-12-11-13-15-17-20-23-26-29-33-40(2)3/h5-6,8-9,18,21,27,30,40-43,46-47H,4,7,10-17,19-20,22-26,28-29,31-39H2,1-3H3,(H2,50,51,52)/b6-5-,9-8-,21-18-,30-27-/t41-,42+,43+/m1/s1. The van der Waals surface area contributed by atoms with Crippen LogP contribution >= 0.6 is 7.82 Å². The fourth-order valence-corrected chi connectivity index (χ4v) is 6.48. The number of esters is 2. The molecule has 0 aromatic carbocycles.